The first-order valence-corrected chi connectivity index (χ1v) is 8.71. The molecule has 0 atom stereocenters. The van der Waals surface area contributed by atoms with Crippen LogP contribution in [-0.2, 0) is 23.4 Å². The fourth-order valence-corrected chi connectivity index (χ4v) is 4.17. The number of rotatable bonds is 3. The summed E-state index contributed by atoms with van der Waals surface area (Å²) >= 11 is 0. The molecule has 0 aliphatic carbocycles. The number of hydrogen-bond donors (Lipinski definition) is 1. The quantitative estimate of drug-likeness (QED) is 0.925. The van der Waals surface area contributed by atoms with E-state index in [9.17, 15) is 8.42 Å². The molecular weight excluding hydrogens is 274 g/mol. The second kappa shape index (κ2) is 5.18. The number of benzene rings is 1. The number of fused-ring (bicyclic) bond motifs is 1. The third-order valence-corrected chi connectivity index (χ3v) is 5.70. The van der Waals surface area contributed by atoms with Crippen LogP contribution < -0.4 is 5.32 Å². The van der Waals surface area contributed by atoms with Crippen LogP contribution in [0.4, 0.5) is 0 Å². The summed E-state index contributed by atoms with van der Waals surface area (Å²) in [6.45, 7) is 0.676. The van der Waals surface area contributed by atoms with Gasteiger partial charge in [-0.1, -0.05) is 12.1 Å². The summed E-state index contributed by atoms with van der Waals surface area (Å²) in [5, 5.41) is 3.43. The van der Waals surface area contributed by atoms with Crippen LogP contribution >= 0.6 is 0 Å². The van der Waals surface area contributed by atoms with Crippen LogP contribution in [0.25, 0.3) is 11.0 Å². The molecule has 1 aliphatic rings. The molecule has 20 heavy (non-hydrogen) atoms. The second-order valence-corrected chi connectivity index (χ2v) is 7.69. The van der Waals surface area contributed by atoms with E-state index in [0.717, 1.165) is 16.9 Å². The van der Waals surface area contributed by atoms with E-state index in [2.05, 4.69) is 20.9 Å². The molecule has 2 aromatic rings. The van der Waals surface area contributed by atoms with Crippen LogP contribution in [0.1, 0.15) is 18.7 Å². The summed E-state index contributed by atoms with van der Waals surface area (Å²) < 4.78 is 24.9. The highest BCUT2D eigenvalue weighted by Gasteiger charge is 2.23. The summed E-state index contributed by atoms with van der Waals surface area (Å²) in [5.41, 5.74) is 2.12. The van der Waals surface area contributed by atoms with E-state index in [-0.39, 0.29) is 6.04 Å². The summed E-state index contributed by atoms with van der Waals surface area (Å²) in [5.74, 6) is 1.58. The highest BCUT2D eigenvalue weighted by Crippen LogP contribution is 2.16. The van der Waals surface area contributed by atoms with Crippen LogP contribution in [0.15, 0.2) is 24.3 Å². The van der Waals surface area contributed by atoms with Crippen LogP contribution in [0.3, 0.4) is 0 Å². The molecule has 1 N–H and O–H groups in total. The molecule has 1 aliphatic heterocycles. The third-order valence-electron chi connectivity index (χ3n) is 3.98. The van der Waals surface area contributed by atoms with Crippen molar-refractivity contribution in [3.63, 3.8) is 0 Å². The lowest BCUT2D eigenvalue weighted by atomic mass is 10.1. The Bertz CT molecular complexity index is 707. The van der Waals surface area contributed by atoms with Gasteiger partial charge in [0, 0.05) is 13.1 Å². The largest absolute Gasteiger partial charge is 0.330 e. The van der Waals surface area contributed by atoms with E-state index < -0.39 is 9.84 Å². The SMILES string of the molecule is Cn1c(CNC2CCS(=O)(=O)CC2)nc2ccccc21. The highest BCUT2D eigenvalue weighted by molar-refractivity contribution is 7.91. The van der Waals surface area contributed by atoms with Crippen molar-refractivity contribution in [2.24, 2.45) is 7.05 Å². The number of aromatic nitrogens is 2. The van der Waals surface area contributed by atoms with Gasteiger partial charge in [-0.05, 0) is 25.0 Å². The molecule has 1 fully saturated rings. The average Bonchev–Trinajstić information content (AvgIpc) is 2.75. The minimum Gasteiger partial charge on any atom is -0.330 e. The van der Waals surface area contributed by atoms with Crippen LogP contribution in [0.2, 0.25) is 0 Å². The van der Waals surface area contributed by atoms with Crippen LogP contribution in [-0.4, -0.2) is 35.5 Å². The smallest absolute Gasteiger partial charge is 0.150 e. The van der Waals surface area contributed by atoms with E-state index in [0.29, 0.717) is 30.9 Å². The maximum atomic E-state index is 11.4. The van der Waals surface area contributed by atoms with Crippen molar-refractivity contribution in [3.8, 4) is 0 Å². The molecule has 0 unspecified atom stereocenters. The molecule has 0 amide bonds. The Morgan fingerprint density at radius 1 is 1.30 bits per heavy atom. The van der Waals surface area contributed by atoms with Crippen LogP contribution in [0, 0.1) is 0 Å². The molecule has 1 saturated heterocycles. The zero-order valence-corrected chi connectivity index (χ0v) is 12.4. The Balaban J connectivity index is 1.67. The van der Waals surface area contributed by atoms with Crippen LogP contribution in [0.5, 0.6) is 0 Å². The molecular formula is C14H19N3O2S. The number of para-hydroxylation sites is 2. The lowest BCUT2D eigenvalue weighted by Crippen LogP contribution is -2.37. The predicted octanol–water partition coefficient (Wildman–Crippen LogP) is 1.24. The molecule has 0 saturated carbocycles. The molecule has 0 radical (unpaired) electrons. The topological polar surface area (TPSA) is 64.0 Å². The van der Waals surface area contributed by atoms with Gasteiger partial charge in [0.25, 0.3) is 0 Å². The zero-order valence-electron chi connectivity index (χ0n) is 11.5. The average molecular weight is 293 g/mol. The highest BCUT2D eigenvalue weighted by atomic mass is 32.2. The van der Waals surface area contributed by atoms with Gasteiger partial charge in [0.1, 0.15) is 15.7 Å². The zero-order chi connectivity index (χ0) is 14.2. The van der Waals surface area contributed by atoms with Crippen molar-refractivity contribution in [2.45, 2.75) is 25.4 Å². The fraction of sp³-hybridized carbons (Fsp3) is 0.500. The first-order chi connectivity index (χ1) is 9.55. The molecule has 0 bridgehead atoms. The number of hydrogen-bond acceptors (Lipinski definition) is 4. The molecule has 2 heterocycles. The van der Waals surface area contributed by atoms with E-state index in [1.807, 2.05) is 25.2 Å². The monoisotopic (exact) mass is 293 g/mol. The van der Waals surface area contributed by atoms with Crippen molar-refractivity contribution < 1.29 is 8.42 Å². The van der Waals surface area contributed by atoms with Gasteiger partial charge in [0.15, 0.2) is 0 Å². The lowest BCUT2D eigenvalue weighted by molar-refractivity contribution is 0.454. The maximum Gasteiger partial charge on any atom is 0.150 e. The number of imidazole rings is 1. The molecule has 0 spiro atoms. The van der Waals surface area contributed by atoms with Gasteiger partial charge in [-0.15, -0.1) is 0 Å². The minimum absolute atomic E-state index is 0.276. The molecule has 108 valence electrons. The van der Waals surface area contributed by atoms with E-state index in [1.165, 1.54) is 0 Å². The van der Waals surface area contributed by atoms with Gasteiger partial charge in [0.2, 0.25) is 0 Å². The van der Waals surface area contributed by atoms with E-state index in [1.54, 1.807) is 0 Å². The predicted molar refractivity (Wildman–Crippen MR) is 79.2 cm³/mol. The van der Waals surface area contributed by atoms with Crippen molar-refractivity contribution in [3.05, 3.63) is 30.1 Å². The Morgan fingerprint density at radius 3 is 2.70 bits per heavy atom. The standard InChI is InChI=1S/C14H19N3O2S/c1-17-13-5-3-2-4-12(13)16-14(17)10-15-11-6-8-20(18,19)9-7-11/h2-5,11,15H,6-10H2,1H3. The number of nitrogens with zero attached hydrogens (tertiary/aromatic N) is 2. The molecule has 1 aromatic heterocycles. The van der Waals surface area contributed by atoms with Gasteiger partial charge >= 0.3 is 0 Å². The van der Waals surface area contributed by atoms with Crippen molar-refractivity contribution in [1.82, 2.24) is 14.9 Å². The lowest BCUT2D eigenvalue weighted by Gasteiger charge is -2.22. The Kier molecular flexibility index (Phi) is 3.52. The Labute approximate surface area is 118 Å². The van der Waals surface area contributed by atoms with Crippen molar-refractivity contribution in [2.75, 3.05) is 11.5 Å². The van der Waals surface area contributed by atoms with E-state index >= 15 is 0 Å². The summed E-state index contributed by atoms with van der Waals surface area (Å²) in [6, 6.07) is 8.33. The van der Waals surface area contributed by atoms with Gasteiger partial charge < -0.3 is 9.88 Å². The van der Waals surface area contributed by atoms with Crippen molar-refractivity contribution in [1.29, 1.82) is 0 Å². The number of aryl methyl sites for hydroxylation is 1. The molecule has 3 rings (SSSR count). The fourth-order valence-electron chi connectivity index (χ4n) is 2.68. The Hall–Kier alpha value is -1.40. The summed E-state index contributed by atoms with van der Waals surface area (Å²) in [6.07, 6.45) is 1.40. The molecule has 5 nitrogen and oxygen atoms in total. The summed E-state index contributed by atoms with van der Waals surface area (Å²) in [4.78, 5) is 4.61. The third kappa shape index (κ3) is 2.71. The number of sulfone groups is 1. The molecule has 6 heteroatoms. The van der Waals surface area contributed by atoms with Gasteiger partial charge in [0.05, 0.1) is 29.1 Å². The minimum atomic E-state index is -2.79. The maximum absolute atomic E-state index is 11.4. The van der Waals surface area contributed by atoms with Gasteiger partial charge in [-0.2, -0.15) is 0 Å². The first kappa shape index (κ1) is 13.6. The van der Waals surface area contributed by atoms with Crippen molar-refractivity contribution >= 4 is 20.9 Å². The second-order valence-electron chi connectivity index (χ2n) is 5.38. The van der Waals surface area contributed by atoms with Gasteiger partial charge in [-0.25, -0.2) is 13.4 Å². The Morgan fingerprint density at radius 2 is 2.00 bits per heavy atom. The summed E-state index contributed by atoms with van der Waals surface area (Å²) in [7, 11) is -0.777. The normalized spacial score (nSPS) is 19.4. The van der Waals surface area contributed by atoms with E-state index in [4.69, 9.17) is 0 Å². The number of nitrogens with one attached hydrogen (secondary N) is 1. The molecule has 1 aromatic carbocycles. The van der Waals surface area contributed by atoms with Gasteiger partial charge in [-0.3, -0.25) is 0 Å². The first-order valence-electron chi connectivity index (χ1n) is 6.89.